The molecule has 0 aromatic carbocycles. The molecule has 0 aromatic rings. The Labute approximate surface area is 105 Å². The molecule has 0 radical (unpaired) electrons. The van der Waals surface area contributed by atoms with Crippen LogP contribution in [0, 0.1) is 0 Å². The molecule has 0 bridgehead atoms. The first-order valence-corrected chi connectivity index (χ1v) is 6.77. The van der Waals surface area contributed by atoms with Gasteiger partial charge >= 0.3 is 5.97 Å². The Balaban J connectivity index is 2.24. The summed E-state index contributed by atoms with van der Waals surface area (Å²) in [6, 6.07) is 0.136. The summed E-state index contributed by atoms with van der Waals surface area (Å²) in [6.45, 7) is 4.66. The topological polar surface area (TPSA) is 75.6 Å². The summed E-state index contributed by atoms with van der Waals surface area (Å²) in [5.41, 5.74) is -0.190. The van der Waals surface area contributed by atoms with Crippen molar-refractivity contribution in [1.82, 2.24) is 5.32 Å². The van der Waals surface area contributed by atoms with Gasteiger partial charge in [-0.3, -0.25) is 9.59 Å². The van der Waals surface area contributed by atoms with Gasteiger partial charge in [-0.25, -0.2) is 0 Å². The van der Waals surface area contributed by atoms with Crippen LogP contribution in [0.2, 0.25) is 0 Å². The Kier molecular flexibility index (Phi) is 5.27. The predicted molar refractivity (Wildman–Crippen MR) is 66.2 cm³/mol. The van der Waals surface area contributed by atoms with E-state index in [4.69, 9.17) is 9.84 Å². The predicted octanol–water partition coefficient (Wildman–Crippen LogP) is 0.878. The van der Waals surface area contributed by atoms with Gasteiger partial charge in [-0.1, -0.05) is 0 Å². The molecule has 98 valence electrons. The third kappa shape index (κ3) is 5.93. The molecule has 1 saturated heterocycles. The molecule has 17 heavy (non-hydrogen) atoms. The molecule has 0 spiro atoms. The third-order valence-electron chi connectivity index (χ3n) is 2.52. The number of carbonyl (C=O) groups excluding carboxylic acids is 1. The first-order chi connectivity index (χ1) is 7.89. The van der Waals surface area contributed by atoms with Crippen molar-refractivity contribution in [3.8, 4) is 0 Å². The van der Waals surface area contributed by atoms with Gasteiger partial charge in [-0.15, -0.1) is 11.8 Å². The van der Waals surface area contributed by atoms with Gasteiger partial charge in [-0.2, -0.15) is 0 Å². The highest BCUT2D eigenvalue weighted by Gasteiger charge is 2.29. The van der Waals surface area contributed by atoms with Crippen LogP contribution < -0.4 is 5.32 Å². The normalized spacial score (nSPS) is 23.1. The number of thioether (sulfide) groups is 1. The summed E-state index contributed by atoms with van der Waals surface area (Å²) >= 11 is 1.12. The number of rotatable bonds is 5. The van der Waals surface area contributed by atoms with E-state index in [9.17, 15) is 9.59 Å². The van der Waals surface area contributed by atoms with E-state index in [1.165, 1.54) is 0 Å². The molecule has 0 aliphatic carbocycles. The van der Waals surface area contributed by atoms with Gasteiger partial charge in [0.1, 0.15) is 0 Å². The van der Waals surface area contributed by atoms with E-state index in [1.807, 2.05) is 13.8 Å². The summed E-state index contributed by atoms with van der Waals surface area (Å²) < 4.78 is 5.56. The molecule has 1 unspecified atom stereocenters. The number of amides is 1. The van der Waals surface area contributed by atoms with Crippen molar-refractivity contribution in [3.05, 3.63) is 0 Å². The fourth-order valence-electron chi connectivity index (χ4n) is 1.86. The molecule has 2 N–H and O–H groups in total. The average molecular weight is 261 g/mol. The van der Waals surface area contributed by atoms with Crippen molar-refractivity contribution in [2.45, 2.75) is 38.3 Å². The minimum absolute atomic E-state index is 0.0350. The maximum atomic E-state index is 11.5. The van der Waals surface area contributed by atoms with Crippen molar-refractivity contribution in [2.24, 2.45) is 0 Å². The number of hydrogen-bond acceptors (Lipinski definition) is 4. The minimum atomic E-state index is -0.894. The van der Waals surface area contributed by atoms with E-state index in [0.717, 1.165) is 24.6 Å². The van der Waals surface area contributed by atoms with Crippen LogP contribution >= 0.6 is 11.8 Å². The fraction of sp³-hybridized carbons (Fsp3) is 0.818. The standard InChI is InChI=1S/C11H19NO4S/c1-11(2)5-8(3-4-16-11)12-9(13)6-17-7-10(14)15/h8H,3-7H2,1-2H3,(H,12,13)(H,14,15). The molecule has 1 fully saturated rings. The maximum Gasteiger partial charge on any atom is 0.313 e. The number of hydrogen-bond donors (Lipinski definition) is 2. The number of carboxylic acid groups (broad SMARTS) is 1. The van der Waals surface area contributed by atoms with Gasteiger partial charge in [0.15, 0.2) is 0 Å². The van der Waals surface area contributed by atoms with Crippen molar-refractivity contribution in [2.75, 3.05) is 18.1 Å². The van der Waals surface area contributed by atoms with Crippen molar-refractivity contribution in [1.29, 1.82) is 0 Å². The molecular formula is C11H19NO4S. The summed E-state index contributed by atoms with van der Waals surface area (Å²) in [6.07, 6.45) is 1.61. The highest BCUT2D eigenvalue weighted by molar-refractivity contribution is 8.00. The van der Waals surface area contributed by atoms with Crippen molar-refractivity contribution in [3.63, 3.8) is 0 Å². The average Bonchev–Trinajstić information content (AvgIpc) is 2.14. The fourth-order valence-corrected chi connectivity index (χ4v) is 2.40. The second kappa shape index (κ2) is 6.26. The highest BCUT2D eigenvalue weighted by Crippen LogP contribution is 2.23. The number of carboxylic acids is 1. The van der Waals surface area contributed by atoms with Crippen LogP contribution in [0.3, 0.4) is 0 Å². The number of aliphatic carboxylic acids is 1. The lowest BCUT2D eigenvalue weighted by Gasteiger charge is -2.35. The van der Waals surface area contributed by atoms with Gasteiger partial charge in [0.05, 0.1) is 17.1 Å². The lowest BCUT2D eigenvalue weighted by atomic mass is 9.94. The van der Waals surface area contributed by atoms with Crippen LogP contribution in [0.1, 0.15) is 26.7 Å². The monoisotopic (exact) mass is 261 g/mol. The first-order valence-electron chi connectivity index (χ1n) is 5.62. The number of carbonyl (C=O) groups is 2. The van der Waals surface area contributed by atoms with Gasteiger partial charge in [0, 0.05) is 12.6 Å². The zero-order valence-corrected chi connectivity index (χ0v) is 11.0. The van der Waals surface area contributed by atoms with Crippen LogP contribution in [0.4, 0.5) is 0 Å². The Morgan fingerprint density at radius 3 is 2.76 bits per heavy atom. The van der Waals surface area contributed by atoms with Gasteiger partial charge in [-0.05, 0) is 26.7 Å². The molecule has 1 atom stereocenters. The summed E-state index contributed by atoms with van der Waals surface area (Å²) in [5, 5.41) is 11.4. The Morgan fingerprint density at radius 1 is 1.47 bits per heavy atom. The quantitative estimate of drug-likeness (QED) is 0.768. The van der Waals surface area contributed by atoms with Crippen molar-refractivity contribution < 1.29 is 19.4 Å². The lowest BCUT2D eigenvalue weighted by Crippen LogP contribution is -2.46. The summed E-state index contributed by atoms with van der Waals surface area (Å²) in [4.78, 5) is 21.8. The van der Waals surface area contributed by atoms with Crippen LogP contribution in [-0.2, 0) is 14.3 Å². The molecule has 6 heteroatoms. The SMILES string of the molecule is CC1(C)CC(NC(=O)CSCC(=O)O)CCO1. The summed E-state index contributed by atoms with van der Waals surface area (Å²) in [5.74, 6) is -0.828. The Morgan fingerprint density at radius 2 is 2.18 bits per heavy atom. The first kappa shape index (κ1) is 14.3. The van der Waals surface area contributed by atoms with Gasteiger partial charge < -0.3 is 15.2 Å². The molecule has 0 aromatic heterocycles. The van der Waals surface area contributed by atoms with E-state index < -0.39 is 5.97 Å². The van der Waals surface area contributed by atoms with E-state index in [-0.39, 0.29) is 29.1 Å². The highest BCUT2D eigenvalue weighted by atomic mass is 32.2. The molecule has 1 rings (SSSR count). The zero-order valence-electron chi connectivity index (χ0n) is 10.2. The van der Waals surface area contributed by atoms with E-state index in [1.54, 1.807) is 0 Å². The lowest BCUT2D eigenvalue weighted by molar-refractivity contribution is -0.133. The number of nitrogens with one attached hydrogen (secondary N) is 1. The van der Waals surface area contributed by atoms with E-state index in [2.05, 4.69) is 5.32 Å². The van der Waals surface area contributed by atoms with Crippen LogP contribution in [0.15, 0.2) is 0 Å². The third-order valence-corrected chi connectivity index (χ3v) is 3.44. The largest absolute Gasteiger partial charge is 0.481 e. The van der Waals surface area contributed by atoms with E-state index >= 15 is 0 Å². The van der Waals surface area contributed by atoms with Gasteiger partial charge in [0.2, 0.25) is 5.91 Å². The van der Waals surface area contributed by atoms with Crippen LogP contribution in [0.25, 0.3) is 0 Å². The molecule has 0 saturated carbocycles. The zero-order chi connectivity index (χ0) is 12.9. The van der Waals surface area contributed by atoms with Crippen LogP contribution in [0.5, 0.6) is 0 Å². The second-order valence-corrected chi connectivity index (χ2v) is 5.74. The molecule has 5 nitrogen and oxygen atoms in total. The van der Waals surface area contributed by atoms with Gasteiger partial charge in [0.25, 0.3) is 0 Å². The molecule has 1 heterocycles. The van der Waals surface area contributed by atoms with Crippen molar-refractivity contribution >= 4 is 23.6 Å². The van der Waals surface area contributed by atoms with Crippen LogP contribution in [-0.4, -0.2) is 46.7 Å². The number of ether oxygens (including phenoxy) is 1. The molecule has 1 aliphatic rings. The molecule has 1 aliphatic heterocycles. The van der Waals surface area contributed by atoms with E-state index in [0.29, 0.717) is 6.61 Å². The summed E-state index contributed by atoms with van der Waals surface area (Å²) in [7, 11) is 0. The Bertz CT molecular complexity index is 293. The smallest absolute Gasteiger partial charge is 0.313 e. The second-order valence-electron chi connectivity index (χ2n) is 4.75. The maximum absolute atomic E-state index is 11.5. The molecule has 1 amide bonds. The minimum Gasteiger partial charge on any atom is -0.481 e. The molecular weight excluding hydrogens is 242 g/mol. The Hall–Kier alpha value is -0.750.